The number of carboxylic acid groups (broad SMARTS) is 1. The molecule has 0 aromatic rings. The number of phosphoric acid groups is 1. The molecule has 0 aliphatic rings. The predicted octanol–water partition coefficient (Wildman–Crippen LogP) is 10.1. The Kier molecular flexibility index (Phi) is 34.1. The van der Waals surface area contributed by atoms with Crippen LogP contribution in [0.1, 0.15) is 168 Å². The fourth-order valence-electron chi connectivity index (χ4n) is 5.19. The number of hydrogen-bond acceptors (Lipinski definition) is 9. The van der Waals surface area contributed by atoms with Crippen LogP contribution in [-0.4, -0.2) is 59.9 Å². The van der Waals surface area contributed by atoms with Crippen LogP contribution in [-0.2, 0) is 37.5 Å². The molecule has 0 saturated heterocycles. The molecule has 0 bridgehead atoms. The summed E-state index contributed by atoms with van der Waals surface area (Å²) in [7, 11) is -4.71. The van der Waals surface area contributed by atoms with Crippen molar-refractivity contribution in [3.8, 4) is 0 Å². The van der Waals surface area contributed by atoms with E-state index >= 15 is 0 Å². The van der Waals surface area contributed by atoms with Crippen LogP contribution in [0.3, 0.4) is 0 Å². The summed E-state index contributed by atoms with van der Waals surface area (Å²) < 4.78 is 32.6. The predicted molar refractivity (Wildman–Crippen MR) is 208 cm³/mol. The Labute approximate surface area is 314 Å². The van der Waals surface area contributed by atoms with Crippen LogP contribution in [0, 0.1) is 0 Å². The van der Waals surface area contributed by atoms with Gasteiger partial charge in [-0.3, -0.25) is 23.4 Å². The number of aliphatic carboxylic acids is 1. The molecule has 0 fully saturated rings. The number of carboxylic acids is 1. The molecule has 0 heterocycles. The number of esters is 2. The Bertz CT molecular complexity index is 1030. The van der Waals surface area contributed by atoms with Crippen molar-refractivity contribution in [2.45, 2.75) is 180 Å². The maximum atomic E-state index is 12.6. The first-order chi connectivity index (χ1) is 25.1. The average molecular weight is 758 g/mol. The van der Waals surface area contributed by atoms with Gasteiger partial charge >= 0.3 is 25.7 Å². The van der Waals surface area contributed by atoms with Gasteiger partial charge in [0.25, 0.3) is 0 Å². The van der Waals surface area contributed by atoms with Gasteiger partial charge in [-0.05, 0) is 51.4 Å². The van der Waals surface area contributed by atoms with Crippen molar-refractivity contribution in [3.63, 3.8) is 0 Å². The number of hydrogen-bond donors (Lipinski definition) is 3. The van der Waals surface area contributed by atoms with Gasteiger partial charge < -0.3 is 25.2 Å². The van der Waals surface area contributed by atoms with Crippen molar-refractivity contribution >= 4 is 25.7 Å². The zero-order valence-corrected chi connectivity index (χ0v) is 33.3. The summed E-state index contributed by atoms with van der Waals surface area (Å²) >= 11 is 0. The molecule has 0 aliphatic heterocycles. The van der Waals surface area contributed by atoms with Crippen LogP contribution in [0.25, 0.3) is 0 Å². The van der Waals surface area contributed by atoms with E-state index in [1.807, 2.05) is 0 Å². The van der Waals surface area contributed by atoms with Crippen LogP contribution in [0.15, 0.2) is 36.5 Å². The Balaban J connectivity index is 4.45. The van der Waals surface area contributed by atoms with Crippen LogP contribution in [0.5, 0.6) is 0 Å². The van der Waals surface area contributed by atoms with E-state index in [-0.39, 0.29) is 19.4 Å². The zero-order chi connectivity index (χ0) is 38.5. The van der Waals surface area contributed by atoms with E-state index in [2.05, 4.69) is 54.8 Å². The normalized spacial score (nSPS) is 14.2. The van der Waals surface area contributed by atoms with Crippen molar-refractivity contribution in [2.24, 2.45) is 5.73 Å². The smallest absolute Gasteiger partial charge is 0.472 e. The molecule has 302 valence electrons. The fraction of sp³-hybridized carbons (Fsp3) is 0.775. The molecule has 0 aliphatic carbocycles. The second-order valence-corrected chi connectivity index (χ2v) is 14.9. The molecule has 52 heavy (non-hydrogen) atoms. The maximum Gasteiger partial charge on any atom is 0.472 e. The first-order valence-corrected chi connectivity index (χ1v) is 21.5. The molecule has 0 aromatic carbocycles. The van der Waals surface area contributed by atoms with Crippen LogP contribution < -0.4 is 5.73 Å². The summed E-state index contributed by atoms with van der Waals surface area (Å²) in [5.41, 5.74) is 5.32. The minimum Gasteiger partial charge on any atom is -0.480 e. The fourth-order valence-corrected chi connectivity index (χ4v) is 5.97. The second-order valence-electron chi connectivity index (χ2n) is 13.4. The molecule has 3 atom stereocenters. The Morgan fingerprint density at radius 1 is 0.596 bits per heavy atom. The molecular formula is C40H72NO10P. The minimum absolute atomic E-state index is 0.137. The van der Waals surface area contributed by atoms with Crippen molar-refractivity contribution in [1.29, 1.82) is 0 Å². The molecule has 3 unspecified atom stereocenters. The minimum atomic E-state index is -4.71. The van der Waals surface area contributed by atoms with E-state index in [9.17, 15) is 23.8 Å². The highest BCUT2D eigenvalue weighted by molar-refractivity contribution is 7.47. The highest BCUT2D eigenvalue weighted by Gasteiger charge is 2.28. The first-order valence-electron chi connectivity index (χ1n) is 20.0. The summed E-state index contributed by atoms with van der Waals surface area (Å²) in [6, 6.07) is -1.52. The molecule has 0 aromatic heterocycles. The van der Waals surface area contributed by atoms with Crippen molar-refractivity contribution < 1.29 is 47.5 Å². The molecular weight excluding hydrogens is 685 g/mol. The molecule has 0 saturated carbocycles. The summed E-state index contributed by atoms with van der Waals surface area (Å²) in [4.78, 5) is 45.8. The van der Waals surface area contributed by atoms with Gasteiger partial charge in [0, 0.05) is 12.8 Å². The number of nitrogens with two attached hydrogens (primary N) is 1. The lowest BCUT2D eigenvalue weighted by molar-refractivity contribution is -0.161. The molecule has 0 spiro atoms. The van der Waals surface area contributed by atoms with Crippen molar-refractivity contribution in [1.82, 2.24) is 0 Å². The molecule has 0 rings (SSSR count). The summed E-state index contributed by atoms with van der Waals surface area (Å²) in [6.45, 7) is 2.73. The summed E-state index contributed by atoms with van der Waals surface area (Å²) in [5.74, 6) is -2.41. The van der Waals surface area contributed by atoms with Gasteiger partial charge in [0.2, 0.25) is 0 Å². The van der Waals surface area contributed by atoms with Crippen molar-refractivity contribution in [2.75, 3.05) is 19.8 Å². The van der Waals surface area contributed by atoms with E-state index in [0.29, 0.717) is 12.8 Å². The SMILES string of the molecule is CCCCCC=CCC=CCC=CCCCCCCC(=O)OC(COC(=O)CCCCCCCCCCCCC)COP(=O)(O)OCC(N)C(=O)O. The third-order valence-corrected chi connectivity index (χ3v) is 9.34. The highest BCUT2D eigenvalue weighted by Crippen LogP contribution is 2.43. The van der Waals surface area contributed by atoms with E-state index in [1.165, 1.54) is 64.2 Å². The third-order valence-electron chi connectivity index (χ3n) is 8.39. The number of carbonyl (C=O) groups is 3. The van der Waals surface area contributed by atoms with Gasteiger partial charge in [-0.2, -0.15) is 0 Å². The zero-order valence-electron chi connectivity index (χ0n) is 32.4. The average Bonchev–Trinajstić information content (AvgIpc) is 3.12. The lowest BCUT2D eigenvalue weighted by Gasteiger charge is -2.20. The maximum absolute atomic E-state index is 12.6. The van der Waals surface area contributed by atoms with Gasteiger partial charge in [0.1, 0.15) is 12.6 Å². The topological polar surface area (TPSA) is 172 Å². The largest absolute Gasteiger partial charge is 0.480 e. The number of allylic oxidation sites excluding steroid dienone is 6. The van der Waals surface area contributed by atoms with Crippen LogP contribution >= 0.6 is 7.82 Å². The number of unbranched alkanes of at least 4 members (excludes halogenated alkanes) is 17. The second kappa shape index (κ2) is 35.7. The summed E-state index contributed by atoms with van der Waals surface area (Å²) in [5, 5.41) is 8.86. The van der Waals surface area contributed by atoms with E-state index in [4.69, 9.17) is 24.8 Å². The Morgan fingerprint density at radius 2 is 1.02 bits per heavy atom. The number of ether oxygens (including phenoxy) is 2. The Morgan fingerprint density at radius 3 is 1.56 bits per heavy atom. The van der Waals surface area contributed by atoms with Crippen LogP contribution in [0.2, 0.25) is 0 Å². The van der Waals surface area contributed by atoms with E-state index in [0.717, 1.165) is 64.2 Å². The van der Waals surface area contributed by atoms with Crippen LogP contribution in [0.4, 0.5) is 0 Å². The monoisotopic (exact) mass is 757 g/mol. The van der Waals surface area contributed by atoms with E-state index in [1.54, 1.807) is 0 Å². The number of phosphoric ester groups is 1. The molecule has 0 radical (unpaired) electrons. The number of rotatable bonds is 37. The van der Waals surface area contributed by atoms with Gasteiger partial charge in [-0.25, -0.2) is 4.57 Å². The van der Waals surface area contributed by atoms with Gasteiger partial charge in [0.05, 0.1) is 13.2 Å². The number of carbonyl (C=O) groups excluding carboxylic acids is 2. The lowest BCUT2D eigenvalue weighted by Crippen LogP contribution is -2.34. The van der Waals surface area contributed by atoms with Crippen molar-refractivity contribution in [3.05, 3.63) is 36.5 Å². The lowest BCUT2D eigenvalue weighted by atomic mass is 10.1. The third kappa shape index (κ3) is 34.8. The molecule has 4 N–H and O–H groups in total. The Hall–Kier alpha value is -2.30. The molecule has 11 nitrogen and oxygen atoms in total. The van der Waals surface area contributed by atoms with Gasteiger partial charge in [-0.1, -0.05) is 140 Å². The van der Waals surface area contributed by atoms with E-state index < -0.39 is 51.1 Å². The van der Waals surface area contributed by atoms with Gasteiger partial charge in [0.15, 0.2) is 6.10 Å². The first kappa shape index (κ1) is 49.7. The quantitative estimate of drug-likeness (QED) is 0.0238. The molecule has 12 heteroatoms. The highest BCUT2D eigenvalue weighted by atomic mass is 31.2. The molecule has 0 amide bonds. The summed E-state index contributed by atoms with van der Waals surface area (Å²) in [6.07, 6.45) is 36.4. The standard InChI is InChI=1S/C40H72NO10P/c1-3-5-7-9-11-13-15-16-17-18-19-20-22-24-26-28-30-32-39(43)51-36(34-49-52(46,47)50-35-37(41)40(44)45)33-48-38(42)31-29-27-25-23-21-14-12-10-8-6-4-2/h11,13,16-17,19-20,36-37H,3-10,12,14-15,18,21-35,41H2,1-2H3,(H,44,45)(H,46,47). The van der Waals surface area contributed by atoms with Gasteiger partial charge in [-0.15, -0.1) is 0 Å².